The smallest absolute Gasteiger partial charge is 0.278 e. The molecule has 2 aromatic rings. The van der Waals surface area contributed by atoms with Crippen LogP contribution in [-0.2, 0) is 9.59 Å². The normalized spacial score (nSPS) is 14.4. The number of carbonyl (C=O) groups excluding carboxylic acids is 2. The summed E-state index contributed by atoms with van der Waals surface area (Å²) in [5.74, 6) is 0.549. The molecule has 0 saturated heterocycles. The second-order valence-electron chi connectivity index (χ2n) is 7.69. The Morgan fingerprint density at radius 1 is 1.00 bits per heavy atom. The summed E-state index contributed by atoms with van der Waals surface area (Å²) < 4.78 is 6.61. The molecule has 2 aromatic carbocycles. The van der Waals surface area contributed by atoms with Crippen LogP contribution in [0.25, 0.3) is 5.57 Å². The standard InChI is InChI=1S/C23H25BrN2O3/c1-14(2)13-29-19-10-8-16(9-11-19)20-21(23(28)26(15(3)4)22(20)27)25-18-7-5-6-17(24)12-18/h5-12,14-15,25H,13H2,1-4H3. The number of hydrogen-bond acceptors (Lipinski definition) is 4. The molecule has 0 fully saturated rings. The lowest BCUT2D eigenvalue weighted by Crippen LogP contribution is -2.38. The van der Waals surface area contributed by atoms with Crippen LogP contribution < -0.4 is 10.1 Å². The van der Waals surface area contributed by atoms with Gasteiger partial charge in [-0.15, -0.1) is 0 Å². The minimum atomic E-state index is -0.319. The number of ether oxygens (including phenoxy) is 1. The maximum atomic E-state index is 13.1. The zero-order chi connectivity index (χ0) is 21.1. The molecule has 0 aliphatic carbocycles. The fourth-order valence-electron chi connectivity index (χ4n) is 3.09. The van der Waals surface area contributed by atoms with Crippen molar-refractivity contribution in [3.8, 4) is 5.75 Å². The zero-order valence-corrected chi connectivity index (χ0v) is 18.6. The second-order valence-corrected chi connectivity index (χ2v) is 8.60. The lowest BCUT2D eigenvalue weighted by atomic mass is 10.0. The molecule has 0 radical (unpaired) electrons. The van der Waals surface area contributed by atoms with Crippen LogP contribution in [0.15, 0.2) is 58.7 Å². The van der Waals surface area contributed by atoms with Gasteiger partial charge in [0.1, 0.15) is 11.4 Å². The lowest BCUT2D eigenvalue weighted by molar-refractivity contribution is -0.138. The van der Waals surface area contributed by atoms with Crippen molar-refractivity contribution in [2.75, 3.05) is 11.9 Å². The first-order valence-electron chi connectivity index (χ1n) is 9.66. The Morgan fingerprint density at radius 3 is 2.28 bits per heavy atom. The maximum absolute atomic E-state index is 13.1. The van der Waals surface area contributed by atoms with Crippen LogP contribution in [-0.4, -0.2) is 29.4 Å². The van der Waals surface area contributed by atoms with Gasteiger partial charge in [0.25, 0.3) is 11.8 Å². The van der Waals surface area contributed by atoms with Gasteiger partial charge in [0.2, 0.25) is 0 Å². The van der Waals surface area contributed by atoms with E-state index in [-0.39, 0.29) is 23.6 Å². The first kappa shape index (κ1) is 21.1. The predicted octanol–water partition coefficient (Wildman–Crippen LogP) is 5.08. The summed E-state index contributed by atoms with van der Waals surface area (Å²) in [6, 6.07) is 14.6. The van der Waals surface area contributed by atoms with Crippen molar-refractivity contribution in [2.24, 2.45) is 5.92 Å². The van der Waals surface area contributed by atoms with Crippen molar-refractivity contribution in [1.29, 1.82) is 0 Å². The first-order valence-corrected chi connectivity index (χ1v) is 10.4. The average molecular weight is 457 g/mol. The van der Waals surface area contributed by atoms with E-state index in [2.05, 4.69) is 35.1 Å². The van der Waals surface area contributed by atoms with Crippen LogP contribution in [0.4, 0.5) is 5.69 Å². The largest absolute Gasteiger partial charge is 0.493 e. The number of nitrogens with one attached hydrogen (secondary N) is 1. The molecule has 0 atom stereocenters. The molecule has 1 aliphatic heterocycles. The number of halogens is 1. The van der Waals surface area contributed by atoms with Crippen LogP contribution in [0.5, 0.6) is 5.75 Å². The summed E-state index contributed by atoms with van der Waals surface area (Å²) in [6.07, 6.45) is 0. The summed E-state index contributed by atoms with van der Waals surface area (Å²) in [4.78, 5) is 27.4. The quantitative estimate of drug-likeness (QED) is 0.589. The number of anilines is 1. The lowest BCUT2D eigenvalue weighted by Gasteiger charge is -2.19. The van der Waals surface area contributed by atoms with Crippen molar-refractivity contribution in [2.45, 2.75) is 33.7 Å². The molecule has 1 N–H and O–H groups in total. The van der Waals surface area contributed by atoms with Gasteiger partial charge in [-0.2, -0.15) is 0 Å². The average Bonchev–Trinajstić information content (AvgIpc) is 2.90. The number of carbonyl (C=O) groups is 2. The number of imide groups is 1. The molecule has 2 amide bonds. The van der Waals surface area contributed by atoms with Crippen molar-refractivity contribution >= 4 is 39.0 Å². The fraction of sp³-hybridized carbons (Fsp3) is 0.304. The Morgan fingerprint density at radius 2 is 1.69 bits per heavy atom. The molecule has 29 heavy (non-hydrogen) atoms. The number of hydrogen-bond donors (Lipinski definition) is 1. The monoisotopic (exact) mass is 456 g/mol. The molecule has 3 rings (SSSR count). The Labute approximate surface area is 179 Å². The number of nitrogens with zero attached hydrogens (tertiary/aromatic N) is 1. The molecular weight excluding hydrogens is 432 g/mol. The molecule has 1 aliphatic rings. The van der Waals surface area contributed by atoms with E-state index in [1.807, 2.05) is 62.4 Å². The van der Waals surface area contributed by atoms with E-state index in [0.29, 0.717) is 23.7 Å². The molecule has 1 heterocycles. The highest BCUT2D eigenvalue weighted by atomic mass is 79.9. The van der Waals surface area contributed by atoms with E-state index in [1.165, 1.54) is 4.90 Å². The number of benzene rings is 2. The molecule has 0 saturated carbocycles. The third kappa shape index (κ3) is 4.70. The molecule has 152 valence electrons. The SMILES string of the molecule is CC(C)COc1ccc(C2=C(Nc3cccc(Br)c3)C(=O)N(C(C)C)C2=O)cc1. The maximum Gasteiger partial charge on any atom is 0.278 e. The third-order valence-electron chi connectivity index (χ3n) is 4.45. The first-order chi connectivity index (χ1) is 13.8. The van der Waals surface area contributed by atoms with E-state index < -0.39 is 0 Å². The Hall–Kier alpha value is -2.60. The van der Waals surface area contributed by atoms with Gasteiger partial charge in [-0.25, -0.2) is 0 Å². The van der Waals surface area contributed by atoms with Gasteiger partial charge in [-0.05, 0) is 55.7 Å². The van der Waals surface area contributed by atoms with Gasteiger partial charge in [0.15, 0.2) is 0 Å². The molecular formula is C23H25BrN2O3. The highest BCUT2D eigenvalue weighted by molar-refractivity contribution is 9.10. The minimum absolute atomic E-state index is 0.236. The summed E-state index contributed by atoms with van der Waals surface area (Å²) in [5.41, 5.74) is 2.08. The fourth-order valence-corrected chi connectivity index (χ4v) is 3.49. The van der Waals surface area contributed by atoms with Crippen molar-refractivity contribution in [3.63, 3.8) is 0 Å². The van der Waals surface area contributed by atoms with E-state index in [0.717, 1.165) is 15.9 Å². The molecule has 0 unspecified atom stereocenters. The molecule has 0 spiro atoms. The van der Waals surface area contributed by atoms with E-state index >= 15 is 0 Å². The van der Waals surface area contributed by atoms with Crippen LogP contribution >= 0.6 is 15.9 Å². The van der Waals surface area contributed by atoms with E-state index in [4.69, 9.17) is 4.74 Å². The third-order valence-corrected chi connectivity index (χ3v) is 4.95. The Kier molecular flexibility index (Phi) is 6.42. The van der Waals surface area contributed by atoms with Crippen LogP contribution in [0, 0.1) is 5.92 Å². The van der Waals surface area contributed by atoms with Crippen molar-refractivity contribution in [1.82, 2.24) is 4.90 Å². The highest BCUT2D eigenvalue weighted by Crippen LogP contribution is 2.33. The van der Waals surface area contributed by atoms with Crippen LogP contribution in [0.3, 0.4) is 0 Å². The van der Waals surface area contributed by atoms with Gasteiger partial charge in [-0.3, -0.25) is 14.5 Å². The van der Waals surface area contributed by atoms with Crippen molar-refractivity contribution < 1.29 is 14.3 Å². The van der Waals surface area contributed by atoms with Crippen LogP contribution in [0.1, 0.15) is 33.3 Å². The van der Waals surface area contributed by atoms with Gasteiger partial charge < -0.3 is 10.1 Å². The number of amides is 2. The minimum Gasteiger partial charge on any atom is -0.493 e. The highest BCUT2D eigenvalue weighted by Gasteiger charge is 2.40. The molecule has 5 nitrogen and oxygen atoms in total. The van der Waals surface area contributed by atoms with Gasteiger partial charge in [0, 0.05) is 16.2 Å². The van der Waals surface area contributed by atoms with Gasteiger partial charge in [-0.1, -0.05) is 48.0 Å². The van der Waals surface area contributed by atoms with E-state index in [1.54, 1.807) is 0 Å². The van der Waals surface area contributed by atoms with Gasteiger partial charge in [0.05, 0.1) is 12.2 Å². The van der Waals surface area contributed by atoms with Gasteiger partial charge >= 0.3 is 0 Å². The topological polar surface area (TPSA) is 58.6 Å². The Bertz CT molecular complexity index is 949. The second kappa shape index (κ2) is 8.82. The summed E-state index contributed by atoms with van der Waals surface area (Å²) in [7, 11) is 0. The zero-order valence-electron chi connectivity index (χ0n) is 17.0. The molecule has 0 bridgehead atoms. The van der Waals surface area contributed by atoms with Crippen molar-refractivity contribution in [3.05, 3.63) is 64.3 Å². The number of rotatable bonds is 7. The summed E-state index contributed by atoms with van der Waals surface area (Å²) >= 11 is 3.43. The predicted molar refractivity (Wildman–Crippen MR) is 118 cm³/mol. The van der Waals surface area contributed by atoms with Crippen LogP contribution in [0.2, 0.25) is 0 Å². The summed E-state index contributed by atoms with van der Waals surface area (Å²) in [6.45, 7) is 8.46. The molecule has 6 heteroatoms. The molecule has 0 aromatic heterocycles. The van der Waals surface area contributed by atoms with E-state index in [9.17, 15) is 9.59 Å². The Balaban J connectivity index is 1.98. The summed E-state index contributed by atoms with van der Waals surface area (Å²) in [5, 5.41) is 3.16.